The van der Waals surface area contributed by atoms with Crippen molar-refractivity contribution in [3.63, 3.8) is 0 Å². The zero-order chi connectivity index (χ0) is 12.9. The summed E-state index contributed by atoms with van der Waals surface area (Å²) in [6.07, 6.45) is 13.3. The second-order valence-corrected chi connectivity index (χ2v) is 4.16. The highest BCUT2D eigenvalue weighted by molar-refractivity contribution is 5.67. The molecule has 1 atom stereocenters. The van der Waals surface area contributed by atoms with E-state index in [1.807, 2.05) is 12.2 Å². The molecule has 0 aromatic carbocycles. The highest BCUT2D eigenvalue weighted by atomic mass is 16.4. The Bertz CT molecular complexity index is 244. The van der Waals surface area contributed by atoms with Crippen LogP contribution in [0.3, 0.4) is 0 Å². The van der Waals surface area contributed by atoms with E-state index in [0.717, 1.165) is 12.8 Å². The maximum atomic E-state index is 10.3. The van der Waals surface area contributed by atoms with Crippen molar-refractivity contribution in [2.45, 2.75) is 58.0 Å². The Labute approximate surface area is 104 Å². The van der Waals surface area contributed by atoms with Crippen molar-refractivity contribution in [3.05, 3.63) is 24.3 Å². The molecular weight excluding hydrogens is 216 g/mol. The third-order valence-electron chi connectivity index (χ3n) is 2.40. The number of hydrogen-bond donors (Lipinski definition) is 2. The van der Waals surface area contributed by atoms with Crippen molar-refractivity contribution in [3.8, 4) is 0 Å². The van der Waals surface area contributed by atoms with E-state index in [4.69, 9.17) is 5.11 Å². The molecule has 17 heavy (non-hydrogen) atoms. The average Bonchev–Trinajstić information content (AvgIpc) is 2.26. The zero-order valence-corrected chi connectivity index (χ0v) is 10.6. The first-order chi connectivity index (χ1) is 8.16. The standard InChI is InChI=1S/C14H24O3/c1-2-3-4-5-6-7-8-9-10-11-13(15)12-14(16)17/h6-7,9-10,13,15H,2-5,8,11-12H2,1H3,(H,16,17)/b7-6-,10-9-/t13-/m1/s1. The third-order valence-corrected chi connectivity index (χ3v) is 2.40. The summed E-state index contributed by atoms with van der Waals surface area (Å²) in [5.41, 5.74) is 0. The summed E-state index contributed by atoms with van der Waals surface area (Å²) in [5, 5.41) is 17.7. The topological polar surface area (TPSA) is 57.5 Å². The monoisotopic (exact) mass is 240 g/mol. The van der Waals surface area contributed by atoms with E-state index in [-0.39, 0.29) is 6.42 Å². The molecule has 0 saturated carbocycles. The first-order valence-corrected chi connectivity index (χ1v) is 6.36. The van der Waals surface area contributed by atoms with Crippen LogP contribution in [0.1, 0.15) is 51.9 Å². The number of carboxylic acids is 1. The summed E-state index contributed by atoms with van der Waals surface area (Å²) >= 11 is 0. The largest absolute Gasteiger partial charge is 0.481 e. The van der Waals surface area contributed by atoms with Crippen LogP contribution in [0.4, 0.5) is 0 Å². The first-order valence-electron chi connectivity index (χ1n) is 6.36. The summed E-state index contributed by atoms with van der Waals surface area (Å²) in [6, 6.07) is 0. The summed E-state index contributed by atoms with van der Waals surface area (Å²) in [6.45, 7) is 2.19. The van der Waals surface area contributed by atoms with E-state index in [1.54, 1.807) is 0 Å². The van der Waals surface area contributed by atoms with Gasteiger partial charge < -0.3 is 10.2 Å². The number of carbonyl (C=O) groups is 1. The SMILES string of the molecule is CCCCC/C=C\C/C=C\C[C@@H](O)CC(=O)O. The lowest BCUT2D eigenvalue weighted by Gasteiger charge is -2.02. The van der Waals surface area contributed by atoms with E-state index in [2.05, 4.69) is 19.1 Å². The molecule has 98 valence electrons. The van der Waals surface area contributed by atoms with Gasteiger partial charge in [0.1, 0.15) is 0 Å². The minimum atomic E-state index is -0.957. The van der Waals surface area contributed by atoms with Crippen molar-refractivity contribution in [2.24, 2.45) is 0 Å². The lowest BCUT2D eigenvalue weighted by atomic mass is 10.1. The van der Waals surface area contributed by atoms with Gasteiger partial charge in [-0.25, -0.2) is 0 Å². The molecule has 3 nitrogen and oxygen atoms in total. The molecule has 0 bridgehead atoms. The minimum absolute atomic E-state index is 0.183. The second kappa shape index (κ2) is 11.4. The molecule has 0 saturated heterocycles. The number of aliphatic hydroxyl groups is 1. The van der Waals surface area contributed by atoms with Gasteiger partial charge in [-0.1, -0.05) is 44.1 Å². The Balaban J connectivity index is 3.44. The highest BCUT2D eigenvalue weighted by Gasteiger charge is 2.06. The molecule has 0 radical (unpaired) electrons. The van der Waals surface area contributed by atoms with Gasteiger partial charge in [-0.3, -0.25) is 4.79 Å². The Kier molecular flexibility index (Phi) is 10.7. The van der Waals surface area contributed by atoms with Gasteiger partial charge in [0.05, 0.1) is 12.5 Å². The van der Waals surface area contributed by atoms with Crippen molar-refractivity contribution in [1.29, 1.82) is 0 Å². The quantitative estimate of drug-likeness (QED) is 0.455. The van der Waals surface area contributed by atoms with Gasteiger partial charge in [0.2, 0.25) is 0 Å². The highest BCUT2D eigenvalue weighted by Crippen LogP contribution is 2.02. The van der Waals surface area contributed by atoms with Crippen molar-refractivity contribution >= 4 is 5.97 Å². The van der Waals surface area contributed by atoms with Crippen LogP contribution in [0.5, 0.6) is 0 Å². The lowest BCUT2D eigenvalue weighted by molar-refractivity contribution is -0.139. The van der Waals surface area contributed by atoms with Crippen LogP contribution in [-0.4, -0.2) is 22.3 Å². The molecule has 3 heteroatoms. The lowest BCUT2D eigenvalue weighted by Crippen LogP contribution is -2.11. The van der Waals surface area contributed by atoms with E-state index >= 15 is 0 Å². The van der Waals surface area contributed by atoms with Crippen LogP contribution in [-0.2, 0) is 4.79 Å². The molecule has 0 rings (SSSR count). The van der Waals surface area contributed by atoms with E-state index in [0.29, 0.717) is 6.42 Å². The van der Waals surface area contributed by atoms with Crippen molar-refractivity contribution in [1.82, 2.24) is 0 Å². The van der Waals surface area contributed by atoms with E-state index in [1.165, 1.54) is 19.3 Å². The summed E-state index contributed by atoms with van der Waals surface area (Å²) in [5.74, 6) is -0.957. The second-order valence-electron chi connectivity index (χ2n) is 4.16. The zero-order valence-electron chi connectivity index (χ0n) is 10.6. The fourth-order valence-corrected chi connectivity index (χ4v) is 1.44. The number of carboxylic acid groups (broad SMARTS) is 1. The molecular formula is C14H24O3. The maximum Gasteiger partial charge on any atom is 0.305 e. The number of allylic oxidation sites excluding steroid dienone is 3. The molecule has 0 spiro atoms. The molecule has 0 aliphatic heterocycles. The molecule has 0 aliphatic carbocycles. The normalized spacial score (nSPS) is 13.5. The first kappa shape index (κ1) is 15.9. The smallest absolute Gasteiger partial charge is 0.305 e. The molecule has 0 aromatic heterocycles. The van der Waals surface area contributed by atoms with Gasteiger partial charge in [0.25, 0.3) is 0 Å². The van der Waals surface area contributed by atoms with Crippen LogP contribution in [0.25, 0.3) is 0 Å². The molecule has 0 aliphatic rings. The van der Waals surface area contributed by atoms with E-state index in [9.17, 15) is 9.90 Å². The Hall–Kier alpha value is -1.09. The number of unbranched alkanes of at least 4 members (excludes halogenated alkanes) is 3. The molecule has 0 amide bonds. The van der Waals surface area contributed by atoms with Crippen molar-refractivity contribution in [2.75, 3.05) is 0 Å². The van der Waals surface area contributed by atoms with Gasteiger partial charge in [-0.15, -0.1) is 0 Å². The van der Waals surface area contributed by atoms with Crippen LogP contribution >= 0.6 is 0 Å². The summed E-state index contributed by atoms with van der Waals surface area (Å²) in [4.78, 5) is 10.3. The Morgan fingerprint density at radius 3 is 2.53 bits per heavy atom. The number of rotatable bonds is 10. The predicted molar refractivity (Wildman–Crippen MR) is 69.9 cm³/mol. The molecule has 0 heterocycles. The van der Waals surface area contributed by atoms with Crippen LogP contribution in [0.15, 0.2) is 24.3 Å². The fourth-order valence-electron chi connectivity index (χ4n) is 1.44. The number of hydrogen-bond acceptors (Lipinski definition) is 2. The van der Waals surface area contributed by atoms with Crippen LogP contribution in [0, 0.1) is 0 Å². The third kappa shape index (κ3) is 12.8. The summed E-state index contributed by atoms with van der Waals surface area (Å²) in [7, 11) is 0. The Morgan fingerprint density at radius 2 is 1.88 bits per heavy atom. The van der Waals surface area contributed by atoms with Gasteiger partial charge >= 0.3 is 5.97 Å². The average molecular weight is 240 g/mol. The number of aliphatic hydroxyl groups excluding tert-OH is 1. The molecule has 0 aromatic rings. The van der Waals surface area contributed by atoms with E-state index < -0.39 is 12.1 Å². The Morgan fingerprint density at radius 1 is 1.18 bits per heavy atom. The van der Waals surface area contributed by atoms with Gasteiger partial charge in [0.15, 0.2) is 0 Å². The number of aliphatic carboxylic acids is 1. The van der Waals surface area contributed by atoms with Gasteiger partial charge in [-0.2, -0.15) is 0 Å². The molecule has 0 unspecified atom stereocenters. The van der Waals surface area contributed by atoms with Gasteiger partial charge in [-0.05, 0) is 25.7 Å². The van der Waals surface area contributed by atoms with Crippen LogP contribution in [0.2, 0.25) is 0 Å². The van der Waals surface area contributed by atoms with Gasteiger partial charge in [0, 0.05) is 0 Å². The predicted octanol–water partition coefficient (Wildman–Crippen LogP) is 3.29. The molecule has 2 N–H and O–H groups in total. The summed E-state index contributed by atoms with van der Waals surface area (Å²) < 4.78 is 0. The van der Waals surface area contributed by atoms with Crippen molar-refractivity contribution < 1.29 is 15.0 Å². The fraction of sp³-hybridized carbons (Fsp3) is 0.643. The minimum Gasteiger partial charge on any atom is -0.481 e. The maximum absolute atomic E-state index is 10.3. The molecule has 0 fully saturated rings. The van der Waals surface area contributed by atoms with Crippen LogP contribution < -0.4 is 0 Å².